The third-order valence-corrected chi connectivity index (χ3v) is 4.18. The lowest BCUT2D eigenvalue weighted by Gasteiger charge is -2.24. The van der Waals surface area contributed by atoms with Crippen LogP contribution in [0.15, 0.2) is 34.9 Å². The standard InChI is InChI=1S/C14H15BrN2/c1-10-5-4-6-11-9-16-14(17(10)11)12-7-2-3-8-13(12)15/h2-3,7-10H,4-6H2,1H3. The van der Waals surface area contributed by atoms with Crippen LogP contribution in [0, 0.1) is 0 Å². The molecule has 1 aromatic carbocycles. The van der Waals surface area contributed by atoms with Crippen molar-refractivity contribution >= 4 is 15.9 Å². The van der Waals surface area contributed by atoms with E-state index in [2.05, 4.69) is 50.6 Å². The molecule has 0 radical (unpaired) electrons. The van der Waals surface area contributed by atoms with E-state index >= 15 is 0 Å². The van der Waals surface area contributed by atoms with E-state index in [1.54, 1.807) is 0 Å². The first kappa shape index (κ1) is 11.0. The third-order valence-electron chi connectivity index (χ3n) is 3.48. The van der Waals surface area contributed by atoms with Gasteiger partial charge >= 0.3 is 0 Å². The Kier molecular flexibility index (Phi) is 2.79. The minimum absolute atomic E-state index is 0.559. The first-order valence-corrected chi connectivity index (χ1v) is 6.87. The molecule has 1 aliphatic rings. The molecule has 3 heteroatoms. The molecule has 0 saturated heterocycles. The van der Waals surface area contributed by atoms with E-state index < -0.39 is 0 Å². The Morgan fingerprint density at radius 1 is 1.35 bits per heavy atom. The van der Waals surface area contributed by atoms with Gasteiger partial charge in [0.05, 0.1) is 0 Å². The highest BCUT2D eigenvalue weighted by molar-refractivity contribution is 9.10. The Labute approximate surface area is 110 Å². The topological polar surface area (TPSA) is 17.8 Å². The van der Waals surface area contributed by atoms with Crippen molar-refractivity contribution in [2.75, 3.05) is 0 Å². The molecule has 2 nitrogen and oxygen atoms in total. The summed E-state index contributed by atoms with van der Waals surface area (Å²) in [6, 6.07) is 8.86. The van der Waals surface area contributed by atoms with Crippen LogP contribution in [0.4, 0.5) is 0 Å². The van der Waals surface area contributed by atoms with Crippen molar-refractivity contribution < 1.29 is 0 Å². The molecular formula is C14H15BrN2. The van der Waals surface area contributed by atoms with Crippen molar-refractivity contribution in [3.05, 3.63) is 40.6 Å². The summed E-state index contributed by atoms with van der Waals surface area (Å²) in [5.41, 5.74) is 2.56. The predicted molar refractivity (Wildman–Crippen MR) is 73.0 cm³/mol. The maximum atomic E-state index is 4.61. The number of rotatable bonds is 1. The normalized spacial score (nSPS) is 19.1. The highest BCUT2D eigenvalue weighted by Crippen LogP contribution is 2.33. The lowest BCUT2D eigenvalue weighted by molar-refractivity contribution is 0.436. The number of imidazole rings is 1. The number of halogens is 1. The van der Waals surface area contributed by atoms with Crippen LogP contribution in [0.2, 0.25) is 0 Å². The van der Waals surface area contributed by atoms with E-state index in [-0.39, 0.29) is 0 Å². The molecule has 0 saturated carbocycles. The molecular weight excluding hydrogens is 276 g/mol. The Morgan fingerprint density at radius 2 is 2.18 bits per heavy atom. The lowest BCUT2D eigenvalue weighted by atomic mass is 10.0. The molecule has 0 aliphatic carbocycles. The maximum absolute atomic E-state index is 4.61. The average molecular weight is 291 g/mol. The van der Waals surface area contributed by atoms with Crippen LogP contribution in [-0.2, 0) is 6.42 Å². The van der Waals surface area contributed by atoms with Gasteiger partial charge in [0.15, 0.2) is 0 Å². The van der Waals surface area contributed by atoms with Crippen LogP contribution in [0.1, 0.15) is 31.5 Å². The molecule has 0 bridgehead atoms. The fourth-order valence-corrected chi connectivity index (χ4v) is 3.08. The monoisotopic (exact) mass is 290 g/mol. The first-order valence-electron chi connectivity index (χ1n) is 6.08. The zero-order valence-corrected chi connectivity index (χ0v) is 11.4. The average Bonchev–Trinajstić information content (AvgIpc) is 2.75. The highest BCUT2D eigenvalue weighted by Gasteiger charge is 2.21. The van der Waals surface area contributed by atoms with Gasteiger partial charge in [0.1, 0.15) is 5.82 Å². The summed E-state index contributed by atoms with van der Waals surface area (Å²) in [6.07, 6.45) is 5.72. The molecule has 1 atom stereocenters. The van der Waals surface area contributed by atoms with Crippen molar-refractivity contribution in [1.29, 1.82) is 0 Å². The molecule has 1 aromatic heterocycles. The van der Waals surface area contributed by atoms with Gasteiger partial charge in [-0.2, -0.15) is 0 Å². The van der Waals surface area contributed by atoms with Gasteiger partial charge in [-0.3, -0.25) is 0 Å². The number of hydrogen-bond donors (Lipinski definition) is 0. The van der Waals surface area contributed by atoms with Crippen molar-refractivity contribution in [3.8, 4) is 11.4 Å². The van der Waals surface area contributed by atoms with Crippen molar-refractivity contribution in [1.82, 2.24) is 9.55 Å². The van der Waals surface area contributed by atoms with Crippen molar-refractivity contribution in [2.24, 2.45) is 0 Å². The van der Waals surface area contributed by atoms with Gasteiger partial charge < -0.3 is 4.57 Å². The Hall–Kier alpha value is -1.09. The van der Waals surface area contributed by atoms with Crippen LogP contribution in [0.25, 0.3) is 11.4 Å². The van der Waals surface area contributed by atoms with Gasteiger partial charge in [0.25, 0.3) is 0 Å². The molecule has 2 aromatic rings. The summed E-state index contributed by atoms with van der Waals surface area (Å²) in [4.78, 5) is 4.61. The van der Waals surface area contributed by atoms with Crippen molar-refractivity contribution in [2.45, 2.75) is 32.2 Å². The molecule has 2 heterocycles. The van der Waals surface area contributed by atoms with Gasteiger partial charge in [-0.15, -0.1) is 0 Å². The second-order valence-electron chi connectivity index (χ2n) is 4.66. The predicted octanol–water partition coefficient (Wildman–Crippen LogP) is 4.21. The molecule has 0 amide bonds. The lowest BCUT2D eigenvalue weighted by Crippen LogP contribution is -2.15. The van der Waals surface area contributed by atoms with Gasteiger partial charge in [0.2, 0.25) is 0 Å². The number of fused-ring (bicyclic) bond motifs is 1. The van der Waals surface area contributed by atoms with Crippen LogP contribution in [0.5, 0.6) is 0 Å². The summed E-state index contributed by atoms with van der Waals surface area (Å²) in [5, 5.41) is 0. The minimum atomic E-state index is 0.559. The smallest absolute Gasteiger partial charge is 0.141 e. The van der Waals surface area contributed by atoms with Crippen LogP contribution < -0.4 is 0 Å². The molecule has 88 valence electrons. The molecule has 1 unspecified atom stereocenters. The maximum Gasteiger partial charge on any atom is 0.141 e. The van der Waals surface area contributed by atoms with Gasteiger partial charge in [-0.1, -0.05) is 34.1 Å². The van der Waals surface area contributed by atoms with Crippen LogP contribution >= 0.6 is 15.9 Å². The zero-order chi connectivity index (χ0) is 11.8. The number of aromatic nitrogens is 2. The van der Waals surface area contributed by atoms with Crippen molar-refractivity contribution in [3.63, 3.8) is 0 Å². The van der Waals surface area contributed by atoms with Gasteiger partial charge in [-0.25, -0.2) is 4.98 Å². The SMILES string of the molecule is CC1CCCc2cnc(-c3ccccc3Br)n21. The largest absolute Gasteiger partial charge is 0.325 e. The zero-order valence-electron chi connectivity index (χ0n) is 9.86. The molecule has 0 fully saturated rings. The number of nitrogens with zero attached hydrogens (tertiary/aromatic N) is 2. The highest BCUT2D eigenvalue weighted by atomic mass is 79.9. The quantitative estimate of drug-likeness (QED) is 0.769. The second-order valence-corrected chi connectivity index (χ2v) is 5.52. The fourth-order valence-electron chi connectivity index (χ4n) is 2.62. The van der Waals surface area contributed by atoms with E-state index in [4.69, 9.17) is 0 Å². The minimum Gasteiger partial charge on any atom is -0.325 e. The fraction of sp³-hybridized carbons (Fsp3) is 0.357. The Bertz CT molecular complexity index is 545. The van der Waals surface area contributed by atoms with E-state index in [0.29, 0.717) is 6.04 Å². The van der Waals surface area contributed by atoms with Crippen LogP contribution in [-0.4, -0.2) is 9.55 Å². The summed E-state index contributed by atoms with van der Waals surface area (Å²) in [7, 11) is 0. The Balaban J connectivity index is 2.17. The Morgan fingerprint density at radius 3 is 3.00 bits per heavy atom. The van der Waals surface area contributed by atoms with E-state index in [1.165, 1.54) is 24.1 Å². The van der Waals surface area contributed by atoms with Crippen LogP contribution in [0.3, 0.4) is 0 Å². The van der Waals surface area contributed by atoms with E-state index in [9.17, 15) is 0 Å². The number of benzene rings is 1. The second kappa shape index (κ2) is 4.30. The van der Waals surface area contributed by atoms with E-state index in [1.807, 2.05) is 12.3 Å². The molecule has 0 N–H and O–H groups in total. The van der Waals surface area contributed by atoms with E-state index in [0.717, 1.165) is 16.7 Å². The summed E-state index contributed by atoms with van der Waals surface area (Å²) >= 11 is 3.61. The number of aryl methyl sites for hydroxylation is 1. The van der Waals surface area contributed by atoms with Gasteiger partial charge in [0, 0.05) is 28.0 Å². The molecule has 0 spiro atoms. The molecule has 17 heavy (non-hydrogen) atoms. The molecule has 3 rings (SSSR count). The number of hydrogen-bond acceptors (Lipinski definition) is 1. The first-order chi connectivity index (χ1) is 8.27. The molecule has 1 aliphatic heterocycles. The van der Waals surface area contributed by atoms with Gasteiger partial charge in [-0.05, 0) is 32.3 Å². The summed E-state index contributed by atoms with van der Waals surface area (Å²) < 4.78 is 3.51. The summed E-state index contributed by atoms with van der Waals surface area (Å²) in [5.74, 6) is 1.10. The third kappa shape index (κ3) is 1.82. The summed E-state index contributed by atoms with van der Waals surface area (Å²) in [6.45, 7) is 2.28.